The van der Waals surface area contributed by atoms with Gasteiger partial charge in [-0.25, -0.2) is 9.79 Å². The molecule has 0 saturated carbocycles. The van der Waals surface area contributed by atoms with Crippen LogP contribution in [0.4, 0.5) is 0 Å². The van der Waals surface area contributed by atoms with Crippen LogP contribution in [0.5, 0.6) is 5.75 Å². The number of thiazole rings is 1. The second-order valence-corrected chi connectivity index (χ2v) is 12.1. The second kappa shape index (κ2) is 12.5. The summed E-state index contributed by atoms with van der Waals surface area (Å²) in [6.45, 7) is 5.55. The number of benzene rings is 3. The summed E-state index contributed by atoms with van der Waals surface area (Å²) < 4.78 is 14.2. The number of hydrogen-bond donors (Lipinski definition) is 0. The zero-order chi connectivity index (χ0) is 30.0. The van der Waals surface area contributed by atoms with Crippen LogP contribution >= 0.6 is 38.9 Å². The van der Waals surface area contributed by atoms with E-state index in [0.29, 0.717) is 41.4 Å². The van der Waals surface area contributed by atoms with Crippen LogP contribution in [-0.2, 0) is 16.1 Å². The summed E-state index contributed by atoms with van der Waals surface area (Å²) in [5.41, 5.74) is 3.38. The number of esters is 1. The molecule has 0 spiro atoms. The normalized spacial score (nSPS) is 14.8. The number of rotatable bonds is 7. The van der Waals surface area contributed by atoms with Gasteiger partial charge in [-0.1, -0.05) is 59.3 Å². The number of hydrogen-bond acceptors (Lipinski definition) is 7. The molecule has 0 saturated heterocycles. The predicted octanol–water partition coefficient (Wildman–Crippen LogP) is 6.05. The molecule has 4 aromatic rings. The van der Waals surface area contributed by atoms with Gasteiger partial charge in [-0.05, 0) is 84.2 Å². The number of carbonyl (C=O) groups excluding carboxylic acids is 1. The van der Waals surface area contributed by atoms with E-state index < -0.39 is 12.0 Å². The van der Waals surface area contributed by atoms with Gasteiger partial charge in [0.1, 0.15) is 12.4 Å². The van der Waals surface area contributed by atoms with Gasteiger partial charge in [-0.2, -0.15) is 5.26 Å². The lowest BCUT2D eigenvalue weighted by atomic mass is 9.96. The smallest absolute Gasteiger partial charge is 0.338 e. The van der Waals surface area contributed by atoms with Gasteiger partial charge in [0.05, 0.1) is 44.1 Å². The van der Waals surface area contributed by atoms with Crippen molar-refractivity contribution in [2.45, 2.75) is 39.5 Å². The third kappa shape index (κ3) is 6.12. The molecule has 0 N–H and O–H groups in total. The van der Waals surface area contributed by atoms with E-state index in [4.69, 9.17) is 21.1 Å². The largest absolute Gasteiger partial charge is 0.488 e. The molecule has 0 radical (unpaired) electrons. The Kier molecular flexibility index (Phi) is 8.78. The summed E-state index contributed by atoms with van der Waals surface area (Å²) in [6.07, 6.45) is 1.45. The molecule has 2 heterocycles. The van der Waals surface area contributed by atoms with Crippen LogP contribution in [-0.4, -0.2) is 16.6 Å². The Hall–Kier alpha value is -3.97. The second-order valence-electron chi connectivity index (χ2n) is 9.83. The van der Waals surface area contributed by atoms with E-state index >= 15 is 0 Å². The van der Waals surface area contributed by atoms with Crippen LogP contribution in [0, 0.1) is 11.3 Å². The SMILES string of the molecule is CC1=C(C(=O)OC(C)C)[C@H](c2ccc(Cl)cc2)n2c(s/c(=C/c3ccc(OCc4ccccc4C#N)c(Br)c3)c2=O)=N1. The zero-order valence-corrected chi connectivity index (χ0v) is 26.1. The summed E-state index contributed by atoms with van der Waals surface area (Å²) >= 11 is 11.0. The third-order valence-electron chi connectivity index (χ3n) is 6.54. The Labute approximate surface area is 259 Å². The predicted molar refractivity (Wildman–Crippen MR) is 166 cm³/mol. The average Bonchev–Trinajstić information content (AvgIpc) is 3.26. The molecule has 0 amide bonds. The maximum Gasteiger partial charge on any atom is 0.338 e. The first-order chi connectivity index (χ1) is 20.2. The Bertz CT molecular complexity index is 1940. The molecule has 5 rings (SSSR count). The van der Waals surface area contributed by atoms with Gasteiger partial charge >= 0.3 is 5.97 Å². The van der Waals surface area contributed by atoms with E-state index in [0.717, 1.165) is 16.7 Å². The van der Waals surface area contributed by atoms with Crippen molar-refractivity contribution in [3.63, 3.8) is 0 Å². The minimum absolute atomic E-state index is 0.242. The molecule has 7 nitrogen and oxygen atoms in total. The first kappa shape index (κ1) is 29.5. The summed E-state index contributed by atoms with van der Waals surface area (Å²) in [4.78, 5) is 32.2. The van der Waals surface area contributed by atoms with Crippen LogP contribution in [0.25, 0.3) is 6.08 Å². The molecule has 3 aromatic carbocycles. The lowest BCUT2D eigenvalue weighted by molar-refractivity contribution is -0.143. The molecule has 0 bridgehead atoms. The van der Waals surface area contributed by atoms with E-state index in [9.17, 15) is 14.9 Å². The Morgan fingerprint density at radius 1 is 1.19 bits per heavy atom. The monoisotopic (exact) mass is 661 g/mol. The molecule has 0 aliphatic carbocycles. The van der Waals surface area contributed by atoms with Crippen molar-refractivity contribution in [1.82, 2.24) is 4.57 Å². The number of carbonyl (C=O) groups is 1. The molecular weight excluding hydrogens is 638 g/mol. The van der Waals surface area contributed by atoms with Crippen molar-refractivity contribution in [2.24, 2.45) is 4.99 Å². The lowest BCUT2D eigenvalue weighted by Gasteiger charge is -2.25. The number of ether oxygens (including phenoxy) is 2. The van der Waals surface area contributed by atoms with E-state index in [1.807, 2.05) is 36.4 Å². The summed E-state index contributed by atoms with van der Waals surface area (Å²) in [7, 11) is 0. The van der Waals surface area contributed by atoms with Crippen LogP contribution in [0.15, 0.2) is 92.3 Å². The molecule has 0 unspecified atom stereocenters. The first-order valence-corrected chi connectivity index (χ1v) is 15.0. The first-order valence-electron chi connectivity index (χ1n) is 13.1. The maximum absolute atomic E-state index is 13.9. The Morgan fingerprint density at radius 2 is 1.93 bits per heavy atom. The Morgan fingerprint density at radius 3 is 2.62 bits per heavy atom. The van der Waals surface area contributed by atoms with Gasteiger partial charge in [-0.15, -0.1) is 0 Å². The van der Waals surface area contributed by atoms with Crippen LogP contribution in [0.1, 0.15) is 49.1 Å². The molecule has 1 atom stereocenters. The van der Waals surface area contributed by atoms with Crippen molar-refractivity contribution in [3.05, 3.63) is 129 Å². The summed E-state index contributed by atoms with van der Waals surface area (Å²) in [5, 5.41) is 9.88. The molecule has 1 aliphatic heterocycles. The summed E-state index contributed by atoms with van der Waals surface area (Å²) in [5.74, 6) is 0.0883. The maximum atomic E-state index is 13.9. The van der Waals surface area contributed by atoms with Crippen molar-refractivity contribution in [2.75, 3.05) is 0 Å². The van der Waals surface area contributed by atoms with Gasteiger partial charge in [-0.3, -0.25) is 9.36 Å². The van der Waals surface area contributed by atoms with Gasteiger partial charge in [0.2, 0.25) is 0 Å². The topological polar surface area (TPSA) is 93.7 Å². The van der Waals surface area contributed by atoms with E-state index in [2.05, 4.69) is 27.0 Å². The average molecular weight is 663 g/mol. The molecule has 212 valence electrons. The fraction of sp³-hybridized carbons (Fsp3) is 0.188. The highest BCUT2D eigenvalue weighted by Crippen LogP contribution is 2.32. The van der Waals surface area contributed by atoms with Crippen LogP contribution in [0.2, 0.25) is 5.02 Å². The highest BCUT2D eigenvalue weighted by Gasteiger charge is 2.33. The Balaban J connectivity index is 1.52. The fourth-order valence-corrected chi connectivity index (χ4v) is 6.29. The van der Waals surface area contributed by atoms with Crippen molar-refractivity contribution in [1.29, 1.82) is 5.26 Å². The van der Waals surface area contributed by atoms with Gasteiger partial charge < -0.3 is 9.47 Å². The van der Waals surface area contributed by atoms with Crippen molar-refractivity contribution >= 4 is 50.9 Å². The number of nitriles is 1. The van der Waals surface area contributed by atoms with Gasteiger partial charge in [0.25, 0.3) is 5.56 Å². The minimum Gasteiger partial charge on any atom is -0.488 e. The molecule has 1 aliphatic rings. The van der Waals surface area contributed by atoms with Crippen LogP contribution < -0.4 is 19.6 Å². The number of fused-ring (bicyclic) bond motifs is 1. The van der Waals surface area contributed by atoms with Gasteiger partial charge in [0, 0.05) is 10.6 Å². The van der Waals surface area contributed by atoms with E-state index in [1.54, 1.807) is 61.7 Å². The molecule has 1 aromatic heterocycles. The molecular formula is C32H25BrClN3O4S. The fourth-order valence-electron chi connectivity index (χ4n) is 4.61. The molecule has 0 fully saturated rings. The number of allylic oxidation sites excluding steroid dienone is 1. The standard InChI is InChI=1S/C32H25BrClN3O4S/c1-18(2)41-31(39)28-19(3)36-32-37(29(28)21-9-11-24(34)12-10-21)30(38)27(42-32)15-20-8-13-26(25(33)14-20)40-17-23-7-5-4-6-22(23)16-35/h4-15,18,29H,17H2,1-3H3/b27-15+/t29-/m0/s1. The number of nitrogens with zero attached hydrogens (tertiary/aromatic N) is 3. The van der Waals surface area contributed by atoms with Crippen LogP contribution in [0.3, 0.4) is 0 Å². The molecule has 10 heteroatoms. The number of halogens is 2. The highest BCUT2D eigenvalue weighted by atomic mass is 79.9. The summed E-state index contributed by atoms with van der Waals surface area (Å²) in [6, 6.07) is 21.3. The van der Waals surface area contributed by atoms with Crippen molar-refractivity contribution < 1.29 is 14.3 Å². The zero-order valence-electron chi connectivity index (χ0n) is 22.9. The molecule has 42 heavy (non-hydrogen) atoms. The van der Waals surface area contributed by atoms with E-state index in [-0.39, 0.29) is 18.3 Å². The number of aromatic nitrogens is 1. The van der Waals surface area contributed by atoms with Crippen molar-refractivity contribution in [3.8, 4) is 11.8 Å². The third-order valence-corrected chi connectivity index (χ3v) is 8.40. The minimum atomic E-state index is -0.717. The van der Waals surface area contributed by atoms with E-state index in [1.165, 1.54) is 11.3 Å². The lowest BCUT2D eigenvalue weighted by Crippen LogP contribution is -2.40. The van der Waals surface area contributed by atoms with Gasteiger partial charge in [0.15, 0.2) is 4.80 Å². The highest BCUT2D eigenvalue weighted by molar-refractivity contribution is 9.10. The quantitative estimate of drug-likeness (QED) is 0.225.